The van der Waals surface area contributed by atoms with Crippen molar-refractivity contribution >= 4 is 28.3 Å². The van der Waals surface area contributed by atoms with E-state index in [9.17, 15) is 19.1 Å². The minimum atomic E-state index is -1.33. The highest BCUT2D eigenvalue weighted by Gasteiger charge is 2.30. The molecule has 2 aromatic rings. The average Bonchev–Trinajstić information content (AvgIpc) is 2.98. The Balaban J connectivity index is 2.08. The molecule has 2 aliphatic heterocycles. The Morgan fingerprint density at radius 3 is 2.80 bits per heavy atom. The van der Waals surface area contributed by atoms with Crippen LogP contribution in [0.5, 0.6) is 0 Å². The maximum absolute atomic E-state index is 14.9. The van der Waals surface area contributed by atoms with Crippen LogP contribution in [0.25, 0.3) is 16.6 Å². The molecule has 3 N–H and O–H groups in total. The number of benzene rings is 1. The molecule has 0 spiro atoms. The summed E-state index contributed by atoms with van der Waals surface area (Å²) >= 11 is 0. The Kier molecular flexibility index (Phi) is 3.43. The van der Waals surface area contributed by atoms with Crippen LogP contribution in [0, 0.1) is 5.82 Å². The van der Waals surface area contributed by atoms with Crippen molar-refractivity contribution in [2.45, 2.75) is 25.3 Å². The van der Waals surface area contributed by atoms with E-state index in [1.165, 1.54) is 6.20 Å². The number of hydrogen-bond acceptors (Lipinski definition) is 4. The SMILES string of the molecule is C=C1CCc2c(N3CCC(N)C3)c(F)cc3c(=O)c(C(=O)O)cn1c23. The number of carboxylic acids is 1. The molecular weight excluding hydrogens is 325 g/mol. The second-order valence-electron chi connectivity index (χ2n) is 6.69. The second-order valence-corrected chi connectivity index (χ2v) is 6.69. The van der Waals surface area contributed by atoms with Gasteiger partial charge in [0.2, 0.25) is 5.43 Å². The van der Waals surface area contributed by atoms with Gasteiger partial charge in [0.25, 0.3) is 0 Å². The van der Waals surface area contributed by atoms with E-state index in [0.717, 1.165) is 18.1 Å². The highest BCUT2D eigenvalue weighted by atomic mass is 19.1. The van der Waals surface area contributed by atoms with Gasteiger partial charge in [-0.15, -0.1) is 0 Å². The van der Waals surface area contributed by atoms with Gasteiger partial charge in [0, 0.05) is 36.6 Å². The van der Waals surface area contributed by atoms with E-state index < -0.39 is 17.2 Å². The smallest absolute Gasteiger partial charge is 0.341 e. The monoisotopic (exact) mass is 343 g/mol. The number of carboxylic acid groups (broad SMARTS) is 1. The van der Waals surface area contributed by atoms with Crippen molar-refractivity contribution in [3.63, 3.8) is 0 Å². The summed E-state index contributed by atoms with van der Waals surface area (Å²) in [4.78, 5) is 25.8. The molecule has 2 aliphatic rings. The van der Waals surface area contributed by atoms with Crippen LogP contribution in [0.2, 0.25) is 0 Å². The summed E-state index contributed by atoms with van der Waals surface area (Å²) in [5, 5.41) is 9.37. The van der Waals surface area contributed by atoms with Crippen molar-refractivity contribution in [3.05, 3.63) is 46.0 Å². The largest absolute Gasteiger partial charge is 0.477 e. The van der Waals surface area contributed by atoms with E-state index in [1.54, 1.807) is 4.57 Å². The van der Waals surface area contributed by atoms with Crippen molar-refractivity contribution in [3.8, 4) is 0 Å². The van der Waals surface area contributed by atoms with Crippen LogP contribution in [-0.2, 0) is 6.42 Å². The van der Waals surface area contributed by atoms with Crippen LogP contribution in [0.3, 0.4) is 0 Å². The molecule has 1 aromatic heterocycles. The number of pyridine rings is 1. The van der Waals surface area contributed by atoms with Crippen LogP contribution in [0.4, 0.5) is 10.1 Å². The summed E-state index contributed by atoms with van der Waals surface area (Å²) in [6.45, 7) is 5.20. The summed E-state index contributed by atoms with van der Waals surface area (Å²) < 4.78 is 16.5. The Bertz CT molecular complexity index is 995. The summed E-state index contributed by atoms with van der Waals surface area (Å²) in [6.07, 6.45) is 3.21. The molecule has 1 aromatic carbocycles. The van der Waals surface area contributed by atoms with Crippen molar-refractivity contribution in [2.75, 3.05) is 18.0 Å². The van der Waals surface area contributed by atoms with Crippen molar-refractivity contribution in [2.24, 2.45) is 5.73 Å². The molecule has 25 heavy (non-hydrogen) atoms. The zero-order valence-electron chi connectivity index (χ0n) is 13.6. The maximum Gasteiger partial charge on any atom is 0.341 e. The number of allylic oxidation sites excluding steroid dienone is 1. The van der Waals surface area contributed by atoms with Crippen LogP contribution in [0.1, 0.15) is 28.8 Å². The lowest BCUT2D eigenvalue weighted by Gasteiger charge is -2.29. The number of aryl methyl sites for hydroxylation is 1. The summed E-state index contributed by atoms with van der Waals surface area (Å²) in [7, 11) is 0. The fourth-order valence-electron chi connectivity index (χ4n) is 3.89. The quantitative estimate of drug-likeness (QED) is 0.868. The molecule has 6 nitrogen and oxygen atoms in total. The third-order valence-corrected chi connectivity index (χ3v) is 5.09. The lowest BCUT2D eigenvalue weighted by atomic mass is 9.95. The molecule has 7 heteroatoms. The van der Waals surface area contributed by atoms with Gasteiger partial charge < -0.3 is 20.3 Å². The summed E-state index contributed by atoms with van der Waals surface area (Å²) in [5.41, 5.74) is 7.37. The predicted molar refractivity (Wildman–Crippen MR) is 93.6 cm³/mol. The molecule has 0 amide bonds. The molecular formula is C18H18FN3O3. The number of hydrogen-bond donors (Lipinski definition) is 2. The van der Waals surface area contributed by atoms with Gasteiger partial charge in [0.1, 0.15) is 11.4 Å². The summed E-state index contributed by atoms with van der Waals surface area (Å²) in [5.74, 6) is -1.83. The third-order valence-electron chi connectivity index (χ3n) is 5.09. The molecule has 1 atom stereocenters. The van der Waals surface area contributed by atoms with Gasteiger partial charge in [0.15, 0.2) is 0 Å². The maximum atomic E-state index is 14.9. The number of nitrogens with zero attached hydrogens (tertiary/aromatic N) is 2. The van der Waals surface area contributed by atoms with Gasteiger partial charge in [-0.2, -0.15) is 0 Å². The van der Waals surface area contributed by atoms with Crippen LogP contribution in [-0.4, -0.2) is 34.8 Å². The number of halogens is 1. The Morgan fingerprint density at radius 1 is 1.40 bits per heavy atom. The van der Waals surface area contributed by atoms with E-state index in [0.29, 0.717) is 42.8 Å². The van der Waals surface area contributed by atoms with E-state index in [1.807, 2.05) is 4.90 Å². The third kappa shape index (κ3) is 2.26. The number of carbonyl (C=O) groups is 1. The minimum Gasteiger partial charge on any atom is -0.477 e. The highest BCUT2D eigenvalue weighted by Crippen LogP contribution is 2.38. The fourth-order valence-corrected chi connectivity index (χ4v) is 3.89. The average molecular weight is 343 g/mol. The van der Waals surface area contributed by atoms with Crippen molar-refractivity contribution in [1.82, 2.24) is 4.57 Å². The molecule has 1 saturated heterocycles. The van der Waals surface area contributed by atoms with Crippen LogP contribution < -0.4 is 16.1 Å². The lowest BCUT2D eigenvalue weighted by Crippen LogP contribution is -2.29. The first-order chi connectivity index (χ1) is 11.9. The van der Waals surface area contributed by atoms with Gasteiger partial charge in [-0.05, 0) is 25.3 Å². The van der Waals surface area contributed by atoms with Crippen LogP contribution >= 0.6 is 0 Å². The Morgan fingerprint density at radius 2 is 2.16 bits per heavy atom. The molecule has 1 unspecified atom stereocenters. The summed E-state index contributed by atoms with van der Waals surface area (Å²) in [6, 6.07) is 1.15. The van der Waals surface area contributed by atoms with E-state index in [-0.39, 0.29) is 17.0 Å². The zero-order valence-corrected chi connectivity index (χ0v) is 13.6. The first-order valence-electron chi connectivity index (χ1n) is 8.21. The Labute approximate surface area is 143 Å². The molecule has 3 heterocycles. The van der Waals surface area contributed by atoms with Gasteiger partial charge in [-0.1, -0.05) is 6.58 Å². The molecule has 0 radical (unpaired) electrons. The number of aromatic carboxylic acids is 1. The van der Waals surface area contributed by atoms with Gasteiger partial charge in [-0.3, -0.25) is 4.79 Å². The predicted octanol–water partition coefficient (Wildman–Crippen LogP) is 1.79. The Hall–Kier alpha value is -2.67. The number of aromatic nitrogens is 1. The minimum absolute atomic E-state index is 0.00238. The molecule has 0 aliphatic carbocycles. The van der Waals surface area contributed by atoms with Crippen molar-refractivity contribution in [1.29, 1.82) is 0 Å². The number of rotatable bonds is 2. The first-order valence-corrected chi connectivity index (χ1v) is 8.21. The number of nitrogens with two attached hydrogens (primary N) is 1. The van der Waals surface area contributed by atoms with E-state index in [4.69, 9.17) is 5.73 Å². The second kappa shape index (κ2) is 5.42. The van der Waals surface area contributed by atoms with E-state index >= 15 is 0 Å². The van der Waals surface area contributed by atoms with Crippen molar-refractivity contribution < 1.29 is 14.3 Å². The topological polar surface area (TPSA) is 88.6 Å². The van der Waals surface area contributed by atoms with Gasteiger partial charge >= 0.3 is 5.97 Å². The standard InChI is InChI=1S/C18H18FN3O3/c1-9-2-3-11-15-12(17(23)13(18(24)25)8-22(9)15)6-14(19)16(11)21-5-4-10(20)7-21/h6,8,10H,1-5,7,20H2,(H,24,25). The molecule has 130 valence electrons. The zero-order chi connectivity index (χ0) is 17.9. The number of anilines is 1. The fraction of sp³-hybridized carbons (Fsp3) is 0.333. The van der Waals surface area contributed by atoms with E-state index in [2.05, 4.69) is 6.58 Å². The molecule has 1 fully saturated rings. The van der Waals surface area contributed by atoms with Gasteiger partial charge in [0.05, 0.1) is 16.6 Å². The van der Waals surface area contributed by atoms with Crippen LogP contribution in [0.15, 0.2) is 23.6 Å². The highest BCUT2D eigenvalue weighted by molar-refractivity contribution is 5.97. The lowest BCUT2D eigenvalue weighted by molar-refractivity contribution is 0.0695. The molecule has 4 rings (SSSR count). The normalized spacial score (nSPS) is 19.7. The molecule has 0 saturated carbocycles. The van der Waals surface area contributed by atoms with Gasteiger partial charge in [-0.25, -0.2) is 9.18 Å². The first kappa shape index (κ1) is 15.8. The molecule has 0 bridgehead atoms.